The van der Waals surface area contributed by atoms with Crippen LogP contribution in [0.15, 0.2) is 45.8 Å². The molecule has 0 amide bonds. The Labute approximate surface area is 132 Å². The molecule has 0 aliphatic carbocycles. The molecule has 6 heteroatoms. The molecule has 0 saturated heterocycles. The third kappa shape index (κ3) is 3.16. The van der Waals surface area contributed by atoms with Gasteiger partial charge in [-0.25, -0.2) is 8.42 Å². The van der Waals surface area contributed by atoms with E-state index >= 15 is 0 Å². The second kappa shape index (κ2) is 5.76. The van der Waals surface area contributed by atoms with Gasteiger partial charge in [-0.1, -0.05) is 29.8 Å². The zero-order chi connectivity index (χ0) is 14.9. The van der Waals surface area contributed by atoms with E-state index in [0.29, 0.717) is 20.7 Å². The minimum Gasteiger partial charge on any atom is -0.278 e. The minimum atomic E-state index is -3.64. The molecule has 0 radical (unpaired) electrons. The first-order chi connectivity index (χ1) is 9.31. The van der Waals surface area contributed by atoms with Crippen molar-refractivity contribution in [1.82, 2.24) is 0 Å². The average molecular weight is 375 g/mol. The van der Waals surface area contributed by atoms with Crippen LogP contribution in [-0.2, 0) is 10.0 Å². The number of hydrogen-bond acceptors (Lipinski definition) is 2. The molecule has 2 aromatic carbocycles. The summed E-state index contributed by atoms with van der Waals surface area (Å²) in [6, 6.07) is 10.3. The predicted octanol–water partition coefficient (Wildman–Crippen LogP) is 4.52. The molecule has 0 spiro atoms. The van der Waals surface area contributed by atoms with Crippen LogP contribution in [0.3, 0.4) is 0 Å². The van der Waals surface area contributed by atoms with Crippen molar-refractivity contribution in [2.75, 3.05) is 4.72 Å². The fourth-order valence-corrected chi connectivity index (χ4v) is 3.85. The highest BCUT2D eigenvalue weighted by molar-refractivity contribution is 9.10. The van der Waals surface area contributed by atoms with E-state index in [9.17, 15) is 8.42 Å². The first kappa shape index (κ1) is 15.4. The van der Waals surface area contributed by atoms with Gasteiger partial charge < -0.3 is 0 Å². The molecule has 20 heavy (non-hydrogen) atoms. The van der Waals surface area contributed by atoms with Crippen LogP contribution in [0.4, 0.5) is 5.69 Å². The van der Waals surface area contributed by atoms with Gasteiger partial charge in [-0.3, -0.25) is 4.72 Å². The van der Waals surface area contributed by atoms with Gasteiger partial charge in [-0.05, 0) is 59.1 Å². The summed E-state index contributed by atoms with van der Waals surface area (Å²) < 4.78 is 28.0. The Kier molecular flexibility index (Phi) is 4.42. The van der Waals surface area contributed by atoms with Gasteiger partial charge in [0, 0.05) is 0 Å². The van der Waals surface area contributed by atoms with Crippen molar-refractivity contribution >= 4 is 43.2 Å². The molecule has 0 unspecified atom stereocenters. The number of halogens is 2. The van der Waals surface area contributed by atoms with Crippen LogP contribution in [0.25, 0.3) is 0 Å². The van der Waals surface area contributed by atoms with Gasteiger partial charge in [0.2, 0.25) is 0 Å². The number of sulfonamides is 1. The highest BCUT2D eigenvalue weighted by atomic mass is 79.9. The summed E-state index contributed by atoms with van der Waals surface area (Å²) in [4.78, 5) is 0.268. The molecule has 106 valence electrons. The van der Waals surface area contributed by atoms with Crippen LogP contribution in [0.2, 0.25) is 5.02 Å². The molecule has 0 saturated carbocycles. The summed E-state index contributed by atoms with van der Waals surface area (Å²) in [5.41, 5.74) is 2.00. The molecule has 0 bridgehead atoms. The summed E-state index contributed by atoms with van der Waals surface area (Å²) in [6.45, 7) is 3.62. The van der Waals surface area contributed by atoms with E-state index in [4.69, 9.17) is 11.6 Å². The van der Waals surface area contributed by atoms with Gasteiger partial charge in [0.25, 0.3) is 10.0 Å². The normalized spacial score (nSPS) is 11.4. The molecule has 0 aromatic heterocycles. The maximum Gasteiger partial charge on any atom is 0.262 e. The Morgan fingerprint density at radius 2 is 1.85 bits per heavy atom. The van der Waals surface area contributed by atoms with Gasteiger partial charge in [-0.2, -0.15) is 0 Å². The highest BCUT2D eigenvalue weighted by Crippen LogP contribution is 2.32. The van der Waals surface area contributed by atoms with E-state index in [1.807, 2.05) is 13.0 Å². The molecule has 0 aliphatic heterocycles. The number of benzene rings is 2. The molecule has 0 fully saturated rings. The van der Waals surface area contributed by atoms with E-state index in [2.05, 4.69) is 20.7 Å². The van der Waals surface area contributed by atoms with E-state index in [-0.39, 0.29) is 4.90 Å². The number of hydrogen-bond donors (Lipinski definition) is 1. The molecule has 0 aliphatic rings. The molecule has 1 N–H and O–H groups in total. The Morgan fingerprint density at radius 3 is 2.55 bits per heavy atom. The fourth-order valence-electron chi connectivity index (χ4n) is 1.78. The van der Waals surface area contributed by atoms with Crippen molar-refractivity contribution in [3.8, 4) is 0 Å². The topological polar surface area (TPSA) is 46.2 Å². The van der Waals surface area contributed by atoms with Crippen LogP contribution < -0.4 is 4.72 Å². The number of nitrogens with one attached hydrogen (secondary N) is 1. The second-order valence-electron chi connectivity index (χ2n) is 4.48. The average Bonchev–Trinajstić information content (AvgIpc) is 2.37. The van der Waals surface area contributed by atoms with Gasteiger partial charge >= 0.3 is 0 Å². The summed E-state index contributed by atoms with van der Waals surface area (Å²) >= 11 is 9.24. The summed E-state index contributed by atoms with van der Waals surface area (Å²) in [5, 5.41) is 0.450. The molecule has 2 rings (SSSR count). The van der Waals surface area contributed by atoms with E-state index in [1.165, 1.54) is 0 Å². The Hall–Kier alpha value is -1.04. The van der Waals surface area contributed by atoms with Crippen molar-refractivity contribution in [2.24, 2.45) is 0 Å². The number of rotatable bonds is 3. The summed E-state index contributed by atoms with van der Waals surface area (Å²) in [7, 11) is -3.64. The summed E-state index contributed by atoms with van der Waals surface area (Å²) in [5.74, 6) is 0. The van der Waals surface area contributed by atoms with Crippen molar-refractivity contribution in [1.29, 1.82) is 0 Å². The molecule has 3 nitrogen and oxygen atoms in total. The van der Waals surface area contributed by atoms with E-state index in [1.54, 1.807) is 37.3 Å². The third-order valence-corrected chi connectivity index (χ3v) is 5.73. The van der Waals surface area contributed by atoms with Gasteiger partial charge in [0.1, 0.15) is 0 Å². The second-order valence-corrected chi connectivity index (χ2v) is 7.33. The maximum atomic E-state index is 12.5. The van der Waals surface area contributed by atoms with Gasteiger partial charge in [-0.15, -0.1) is 0 Å². The van der Waals surface area contributed by atoms with Gasteiger partial charge in [0.15, 0.2) is 0 Å². The van der Waals surface area contributed by atoms with Crippen LogP contribution in [0.5, 0.6) is 0 Å². The fraction of sp³-hybridized carbons (Fsp3) is 0.143. The van der Waals surface area contributed by atoms with Crippen molar-refractivity contribution in [2.45, 2.75) is 18.7 Å². The lowest BCUT2D eigenvalue weighted by Crippen LogP contribution is -2.14. The first-order valence-corrected chi connectivity index (χ1v) is 8.51. The lowest BCUT2D eigenvalue weighted by molar-refractivity contribution is 0.600. The lowest BCUT2D eigenvalue weighted by atomic mass is 10.2. The Bertz CT molecular complexity index is 760. The zero-order valence-corrected chi connectivity index (χ0v) is 14.1. The monoisotopic (exact) mass is 373 g/mol. The molecule has 2 aromatic rings. The van der Waals surface area contributed by atoms with Crippen LogP contribution >= 0.6 is 27.5 Å². The Morgan fingerprint density at radius 1 is 1.15 bits per heavy atom. The van der Waals surface area contributed by atoms with Crippen LogP contribution in [0, 0.1) is 13.8 Å². The zero-order valence-electron chi connectivity index (χ0n) is 10.9. The van der Waals surface area contributed by atoms with E-state index in [0.717, 1.165) is 5.56 Å². The smallest absolute Gasteiger partial charge is 0.262 e. The standard InChI is InChI=1S/C14H13BrClNO2S/c1-9-6-7-10(2)13(8-9)20(18,19)17-12-5-3-4-11(16)14(12)15/h3-8,17H,1-2H3. The quantitative estimate of drug-likeness (QED) is 0.858. The first-order valence-electron chi connectivity index (χ1n) is 5.85. The number of aryl methyl sites for hydroxylation is 2. The molecule has 0 heterocycles. The van der Waals surface area contributed by atoms with Crippen molar-refractivity contribution < 1.29 is 8.42 Å². The molecular weight excluding hydrogens is 362 g/mol. The predicted molar refractivity (Wildman–Crippen MR) is 85.9 cm³/mol. The molecular formula is C14H13BrClNO2S. The van der Waals surface area contributed by atoms with E-state index < -0.39 is 10.0 Å². The third-order valence-electron chi connectivity index (χ3n) is 2.83. The lowest BCUT2D eigenvalue weighted by Gasteiger charge is -2.12. The van der Waals surface area contributed by atoms with Crippen LogP contribution in [0.1, 0.15) is 11.1 Å². The minimum absolute atomic E-state index is 0.268. The Balaban J connectivity index is 2.46. The van der Waals surface area contributed by atoms with Crippen LogP contribution in [-0.4, -0.2) is 8.42 Å². The SMILES string of the molecule is Cc1ccc(C)c(S(=O)(=O)Nc2cccc(Cl)c2Br)c1. The van der Waals surface area contributed by atoms with Crippen molar-refractivity contribution in [3.05, 3.63) is 57.0 Å². The largest absolute Gasteiger partial charge is 0.278 e. The summed E-state index contributed by atoms with van der Waals surface area (Å²) in [6.07, 6.45) is 0. The highest BCUT2D eigenvalue weighted by Gasteiger charge is 2.18. The van der Waals surface area contributed by atoms with Gasteiger partial charge in [0.05, 0.1) is 20.1 Å². The maximum absolute atomic E-state index is 12.5. The molecule has 0 atom stereocenters. The number of anilines is 1. The van der Waals surface area contributed by atoms with Crippen molar-refractivity contribution in [3.63, 3.8) is 0 Å².